The summed E-state index contributed by atoms with van der Waals surface area (Å²) in [5, 5.41) is 0. The first kappa shape index (κ1) is 21.1. The standard InChI is InChI=1S/C26H34N2O2/c29-25(26(14-21-30-22-15-26)24-12-5-2-6-13-24)28-18-8-17-27(19-20-28)16-7-11-23-9-3-1-4-10-23/h1-6,9-10,12-13H,7-8,11,14-22H2. The van der Waals surface area contributed by atoms with Gasteiger partial charge in [-0.2, -0.15) is 0 Å². The van der Waals surface area contributed by atoms with Gasteiger partial charge in [0.2, 0.25) is 5.91 Å². The number of amides is 1. The first-order valence-electron chi connectivity index (χ1n) is 11.5. The van der Waals surface area contributed by atoms with Crippen molar-refractivity contribution in [3.8, 4) is 0 Å². The largest absolute Gasteiger partial charge is 0.381 e. The third-order valence-corrected chi connectivity index (χ3v) is 6.74. The van der Waals surface area contributed by atoms with E-state index in [1.807, 2.05) is 6.07 Å². The third-order valence-electron chi connectivity index (χ3n) is 6.74. The monoisotopic (exact) mass is 406 g/mol. The van der Waals surface area contributed by atoms with Gasteiger partial charge >= 0.3 is 0 Å². The van der Waals surface area contributed by atoms with Gasteiger partial charge in [-0.25, -0.2) is 0 Å². The summed E-state index contributed by atoms with van der Waals surface area (Å²) in [6.07, 6.45) is 4.92. The second kappa shape index (κ2) is 10.2. The zero-order valence-corrected chi connectivity index (χ0v) is 18.0. The number of aryl methyl sites for hydroxylation is 1. The fourth-order valence-corrected chi connectivity index (χ4v) is 4.95. The van der Waals surface area contributed by atoms with Crippen molar-refractivity contribution in [2.75, 3.05) is 45.9 Å². The average Bonchev–Trinajstić information content (AvgIpc) is 3.06. The maximum atomic E-state index is 13.8. The molecule has 0 spiro atoms. The highest BCUT2D eigenvalue weighted by Crippen LogP contribution is 2.37. The summed E-state index contributed by atoms with van der Waals surface area (Å²) in [4.78, 5) is 18.5. The summed E-state index contributed by atoms with van der Waals surface area (Å²) < 4.78 is 5.63. The topological polar surface area (TPSA) is 32.8 Å². The summed E-state index contributed by atoms with van der Waals surface area (Å²) in [7, 11) is 0. The van der Waals surface area contributed by atoms with Gasteiger partial charge < -0.3 is 14.5 Å². The maximum Gasteiger partial charge on any atom is 0.233 e. The predicted molar refractivity (Wildman–Crippen MR) is 121 cm³/mol. The van der Waals surface area contributed by atoms with Crippen LogP contribution < -0.4 is 0 Å². The van der Waals surface area contributed by atoms with Crippen molar-refractivity contribution in [3.05, 3.63) is 71.8 Å². The number of nitrogens with zero attached hydrogens (tertiary/aromatic N) is 2. The SMILES string of the molecule is O=C(N1CCCN(CCCc2ccccc2)CC1)C1(c2ccccc2)CCOCC1. The molecule has 0 aliphatic carbocycles. The molecule has 2 saturated heterocycles. The van der Waals surface area contributed by atoms with E-state index in [1.54, 1.807) is 0 Å². The molecule has 0 unspecified atom stereocenters. The highest BCUT2D eigenvalue weighted by molar-refractivity contribution is 5.88. The van der Waals surface area contributed by atoms with Crippen LogP contribution in [0.15, 0.2) is 60.7 Å². The highest BCUT2D eigenvalue weighted by Gasteiger charge is 2.44. The van der Waals surface area contributed by atoms with Crippen molar-refractivity contribution in [2.45, 2.75) is 37.5 Å². The van der Waals surface area contributed by atoms with Crippen LogP contribution in [0, 0.1) is 0 Å². The molecular formula is C26H34N2O2. The van der Waals surface area contributed by atoms with Crippen LogP contribution in [0.1, 0.15) is 36.8 Å². The lowest BCUT2D eigenvalue weighted by Crippen LogP contribution is -2.50. The Hall–Kier alpha value is -2.17. The molecule has 1 amide bonds. The van der Waals surface area contributed by atoms with E-state index in [0.29, 0.717) is 19.1 Å². The van der Waals surface area contributed by atoms with Crippen LogP contribution in [0.3, 0.4) is 0 Å². The van der Waals surface area contributed by atoms with Crippen LogP contribution in [0.25, 0.3) is 0 Å². The Morgan fingerprint density at radius 3 is 2.30 bits per heavy atom. The van der Waals surface area contributed by atoms with Crippen molar-refractivity contribution in [2.24, 2.45) is 0 Å². The van der Waals surface area contributed by atoms with Crippen molar-refractivity contribution in [1.82, 2.24) is 9.80 Å². The van der Waals surface area contributed by atoms with E-state index in [2.05, 4.69) is 64.4 Å². The Kier molecular flexibility index (Phi) is 7.19. The number of benzene rings is 2. The average molecular weight is 407 g/mol. The lowest BCUT2D eigenvalue weighted by Gasteiger charge is -2.40. The summed E-state index contributed by atoms with van der Waals surface area (Å²) in [6, 6.07) is 21.1. The zero-order chi connectivity index (χ0) is 20.7. The molecule has 0 aromatic heterocycles. The summed E-state index contributed by atoms with van der Waals surface area (Å²) >= 11 is 0. The summed E-state index contributed by atoms with van der Waals surface area (Å²) in [6.45, 7) is 6.19. The molecule has 160 valence electrons. The molecule has 30 heavy (non-hydrogen) atoms. The Balaban J connectivity index is 1.36. The molecule has 2 aliphatic rings. The lowest BCUT2D eigenvalue weighted by atomic mass is 9.73. The smallest absolute Gasteiger partial charge is 0.233 e. The first-order valence-corrected chi connectivity index (χ1v) is 11.5. The number of ether oxygens (including phenoxy) is 1. The number of rotatable bonds is 6. The Bertz CT molecular complexity index is 787. The minimum atomic E-state index is -0.415. The zero-order valence-electron chi connectivity index (χ0n) is 18.0. The molecule has 4 heteroatoms. The minimum absolute atomic E-state index is 0.308. The van der Waals surface area contributed by atoms with Gasteiger partial charge in [0.1, 0.15) is 0 Å². The van der Waals surface area contributed by atoms with Gasteiger partial charge in [-0.3, -0.25) is 4.79 Å². The van der Waals surface area contributed by atoms with Crippen molar-refractivity contribution in [1.29, 1.82) is 0 Å². The van der Waals surface area contributed by atoms with Gasteiger partial charge in [0.15, 0.2) is 0 Å². The quantitative estimate of drug-likeness (QED) is 0.729. The lowest BCUT2D eigenvalue weighted by molar-refractivity contribution is -0.141. The number of carbonyl (C=O) groups is 1. The Morgan fingerprint density at radius 1 is 0.867 bits per heavy atom. The molecular weight excluding hydrogens is 372 g/mol. The third kappa shape index (κ3) is 4.93. The molecule has 2 heterocycles. The molecule has 2 fully saturated rings. The van der Waals surface area contributed by atoms with Gasteiger partial charge in [-0.15, -0.1) is 0 Å². The molecule has 0 bridgehead atoms. The van der Waals surface area contributed by atoms with Crippen LogP contribution in [-0.4, -0.2) is 61.6 Å². The van der Waals surface area contributed by atoms with Crippen molar-refractivity contribution < 1.29 is 9.53 Å². The van der Waals surface area contributed by atoms with Gasteiger partial charge in [0, 0.05) is 32.8 Å². The Labute approximate surface area is 180 Å². The van der Waals surface area contributed by atoms with Crippen LogP contribution >= 0.6 is 0 Å². The van der Waals surface area contributed by atoms with E-state index in [0.717, 1.165) is 64.0 Å². The second-order valence-corrected chi connectivity index (χ2v) is 8.64. The predicted octanol–water partition coefficient (Wildman–Crippen LogP) is 3.90. The van der Waals surface area contributed by atoms with Crippen LogP contribution in [0.2, 0.25) is 0 Å². The molecule has 0 radical (unpaired) electrons. The molecule has 2 aliphatic heterocycles. The molecule has 4 rings (SSSR count). The summed E-state index contributed by atoms with van der Waals surface area (Å²) in [5.41, 5.74) is 2.15. The molecule has 0 saturated carbocycles. The summed E-state index contributed by atoms with van der Waals surface area (Å²) in [5.74, 6) is 0.308. The highest BCUT2D eigenvalue weighted by atomic mass is 16.5. The minimum Gasteiger partial charge on any atom is -0.381 e. The fraction of sp³-hybridized carbons (Fsp3) is 0.500. The molecule has 2 aromatic carbocycles. The van der Waals surface area contributed by atoms with Crippen molar-refractivity contribution in [3.63, 3.8) is 0 Å². The van der Waals surface area contributed by atoms with Crippen LogP contribution in [0.5, 0.6) is 0 Å². The normalized spacial score (nSPS) is 19.9. The van der Waals surface area contributed by atoms with Crippen LogP contribution in [-0.2, 0) is 21.4 Å². The molecule has 4 nitrogen and oxygen atoms in total. The number of carbonyl (C=O) groups excluding carboxylic acids is 1. The maximum absolute atomic E-state index is 13.8. The number of hydrogen-bond acceptors (Lipinski definition) is 3. The molecule has 0 atom stereocenters. The van der Waals surface area contributed by atoms with Gasteiger partial charge in [-0.05, 0) is 56.3 Å². The van der Waals surface area contributed by atoms with Crippen molar-refractivity contribution >= 4 is 5.91 Å². The van der Waals surface area contributed by atoms with E-state index in [9.17, 15) is 4.79 Å². The van der Waals surface area contributed by atoms with E-state index < -0.39 is 5.41 Å². The van der Waals surface area contributed by atoms with E-state index >= 15 is 0 Å². The Morgan fingerprint density at radius 2 is 1.57 bits per heavy atom. The number of hydrogen-bond donors (Lipinski definition) is 0. The molecule has 2 aromatic rings. The second-order valence-electron chi connectivity index (χ2n) is 8.64. The van der Waals surface area contributed by atoms with E-state index in [1.165, 1.54) is 12.0 Å². The molecule has 0 N–H and O–H groups in total. The fourth-order valence-electron chi connectivity index (χ4n) is 4.95. The van der Waals surface area contributed by atoms with Gasteiger partial charge in [0.25, 0.3) is 0 Å². The van der Waals surface area contributed by atoms with E-state index in [-0.39, 0.29) is 0 Å². The first-order chi connectivity index (χ1) is 14.8. The van der Waals surface area contributed by atoms with Gasteiger partial charge in [-0.1, -0.05) is 60.7 Å². The van der Waals surface area contributed by atoms with Gasteiger partial charge in [0.05, 0.1) is 5.41 Å². The van der Waals surface area contributed by atoms with Crippen LogP contribution in [0.4, 0.5) is 0 Å². The van der Waals surface area contributed by atoms with E-state index in [4.69, 9.17) is 4.74 Å².